The van der Waals surface area contributed by atoms with Gasteiger partial charge in [-0.25, -0.2) is 0 Å². The number of methoxy groups -OCH3 is 2. The molecule has 2 aromatic rings. The molecule has 0 aliphatic rings. The molecule has 0 amide bonds. The molecule has 0 spiro atoms. The minimum Gasteiger partial charge on any atom is -0.496 e. The number of rotatable bonds is 4. The van der Waals surface area contributed by atoms with Crippen LogP contribution in [0.5, 0.6) is 11.5 Å². The van der Waals surface area contributed by atoms with Crippen LogP contribution in [0, 0.1) is 6.92 Å². The lowest BCUT2D eigenvalue weighted by molar-refractivity contribution is -0.136. The Hall–Kier alpha value is -2.50. The van der Waals surface area contributed by atoms with Gasteiger partial charge in [0.05, 0.1) is 31.5 Å². The highest BCUT2D eigenvalue weighted by molar-refractivity contribution is 5.92. The van der Waals surface area contributed by atoms with Gasteiger partial charge >= 0.3 is 5.97 Å². The molecule has 0 radical (unpaired) electrons. The third-order valence-electron chi connectivity index (χ3n) is 3.65. The highest BCUT2D eigenvalue weighted by atomic mass is 16.5. The molecule has 1 N–H and O–H groups in total. The van der Waals surface area contributed by atoms with Gasteiger partial charge in [0.15, 0.2) is 5.43 Å². The molecule has 0 fully saturated rings. The van der Waals surface area contributed by atoms with E-state index in [1.807, 2.05) is 0 Å². The Balaban J connectivity index is 3.01. The molecule has 0 unspecified atom stereocenters. The van der Waals surface area contributed by atoms with E-state index in [9.17, 15) is 9.59 Å². The molecule has 1 aromatic carbocycles. The number of nitrogens with zero attached hydrogens (tertiary/aromatic N) is 1. The van der Waals surface area contributed by atoms with Crippen molar-refractivity contribution < 1.29 is 19.4 Å². The van der Waals surface area contributed by atoms with Crippen molar-refractivity contribution in [3.05, 3.63) is 33.6 Å². The molecule has 0 bridgehead atoms. The summed E-state index contributed by atoms with van der Waals surface area (Å²) < 4.78 is 12.3. The van der Waals surface area contributed by atoms with Crippen LogP contribution in [0.2, 0.25) is 0 Å². The van der Waals surface area contributed by atoms with E-state index < -0.39 is 5.97 Å². The zero-order chi connectivity index (χ0) is 15.7. The summed E-state index contributed by atoms with van der Waals surface area (Å²) in [5, 5.41) is 9.34. The van der Waals surface area contributed by atoms with E-state index in [2.05, 4.69) is 0 Å². The van der Waals surface area contributed by atoms with E-state index in [-0.39, 0.29) is 17.4 Å². The Kier molecular flexibility index (Phi) is 3.88. The number of pyridine rings is 1. The maximum atomic E-state index is 12.7. The van der Waals surface area contributed by atoms with Gasteiger partial charge in [-0.1, -0.05) is 0 Å². The van der Waals surface area contributed by atoms with Crippen LogP contribution < -0.4 is 14.9 Å². The van der Waals surface area contributed by atoms with Crippen molar-refractivity contribution in [3.63, 3.8) is 0 Å². The SMILES string of the molecule is COc1ccc(OC)c2c1c(=O)c(CC(=O)O)c(C)n2C. The van der Waals surface area contributed by atoms with Crippen LogP contribution in [-0.4, -0.2) is 29.9 Å². The van der Waals surface area contributed by atoms with E-state index in [4.69, 9.17) is 14.6 Å². The van der Waals surface area contributed by atoms with Gasteiger partial charge in [-0.3, -0.25) is 9.59 Å². The van der Waals surface area contributed by atoms with Gasteiger partial charge in [0.2, 0.25) is 0 Å². The molecule has 0 aliphatic carbocycles. The summed E-state index contributed by atoms with van der Waals surface area (Å²) in [4.78, 5) is 23.7. The molecular weight excluding hydrogens is 274 g/mol. The highest BCUT2D eigenvalue weighted by Gasteiger charge is 2.20. The van der Waals surface area contributed by atoms with Crippen molar-refractivity contribution in [2.24, 2.45) is 7.05 Å². The molecule has 0 saturated heterocycles. The molecule has 1 heterocycles. The molecule has 2 rings (SSSR count). The van der Waals surface area contributed by atoms with E-state index in [1.165, 1.54) is 14.2 Å². The Morgan fingerprint density at radius 3 is 2.33 bits per heavy atom. The standard InChI is InChI=1S/C15H17NO5/c1-8-9(7-12(17)18)15(19)13-10(20-3)5-6-11(21-4)14(13)16(8)2/h5-6H,7H2,1-4H3,(H,17,18). The normalized spacial score (nSPS) is 10.7. The maximum Gasteiger partial charge on any atom is 0.308 e. The van der Waals surface area contributed by atoms with E-state index >= 15 is 0 Å². The fourth-order valence-electron chi connectivity index (χ4n) is 2.49. The number of benzene rings is 1. The average molecular weight is 291 g/mol. The monoisotopic (exact) mass is 291 g/mol. The summed E-state index contributed by atoms with van der Waals surface area (Å²) in [5.74, 6) is -0.107. The molecular formula is C15H17NO5. The van der Waals surface area contributed by atoms with E-state index in [1.54, 1.807) is 30.7 Å². The van der Waals surface area contributed by atoms with Gasteiger partial charge < -0.3 is 19.1 Å². The van der Waals surface area contributed by atoms with Crippen LogP contribution in [0.25, 0.3) is 10.9 Å². The second-order valence-corrected chi connectivity index (χ2v) is 4.72. The second-order valence-electron chi connectivity index (χ2n) is 4.72. The number of aryl methyl sites for hydroxylation is 1. The summed E-state index contributed by atoms with van der Waals surface area (Å²) in [6, 6.07) is 3.36. The number of hydrogen-bond acceptors (Lipinski definition) is 4. The zero-order valence-electron chi connectivity index (χ0n) is 12.4. The number of carbonyl (C=O) groups is 1. The van der Waals surface area contributed by atoms with Crippen molar-refractivity contribution >= 4 is 16.9 Å². The predicted molar refractivity (Wildman–Crippen MR) is 78.4 cm³/mol. The van der Waals surface area contributed by atoms with Crippen LogP contribution >= 0.6 is 0 Å². The minimum absolute atomic E-state index is 0.254. The Labute approximate surface area is 121 Å². The lowest BCUT2D eigenvalue weighted by Crippen LogP contribution is -2.21. The number of aromatic nitrogens is 1. The minimum atomic E-state index is -1.04. The molecule has 6 heteroatoms. The van der Waals surface area contributed by atoms with Gasteiger partial charge in [-0.15, -0.1) is 0 Å². The predicted octanol–water partition coefficient (Wildman–Crippen LogP) is 1.49. The van der Waals surface area contributed by atoms with Crippen LogP contribution in [-0.2, 0) is 18.3 Å². The first-order valence-corrected chi connectivity index (χ1v) is 6.37. The molecule has 21 heavy (non-hydrogen) atoms. The van der Waals surface area contributed by atoms with Crippen LogP contribution in [0.1, 0.15) is 11.3 Å². The van der Waals surface area contributed by atoms with Crippen molar-refractivity contribution in [2.75, 3.05) is 14.2 Å². The van der Waals surface area contributed by atoms with Gasteiger partial charge in [-0.2, -0.15) is 0 Å². The van der Waals surface area contributed by atoms with Crippen LogP contribution in [0.4, 0.5) is 0 Å². The topological polar surface area (TPSA) is 77.8 Å². The quantitative estimate of drug-likeness (QED) is 0.923. The zero-order valence-corrected chi connectivity index (χ0v) is 12.4. The van der Waals surface area contributed by atoms with E-state index in [0.717, 1.165) is 0 Å². The summed E-state index contributed by atoms with van der Waals surface area (Å²) >= 11 is 0. The van der Waals surface area contributed by atoms with Gasteiger partial charge in [0.1, 0.15) is 11.5 Å². The Morgan fingerprint density at radius 2 is 1.81 bits per heavy atom. The fourth-order valence-corrected chi connectivity index (χ4v) is 2.49. The number of carboxylic acids is 1. The van der Waals surface area contributed by atoms with Crippen molar-refractivity contribution in [1.82, 2.24) is 4.57 Å². The van der Waals surface area contributed by atoms with Gasteiger partial charge in [-0.05, 0) is 19.1 Å². The molecule has 0 aliphatic heterocycles. The Morgan fingerprint density at radius 1 is 1.24 bits per heavy atom. The third kappa shape index (κ3) is 2.33. The lowest BCUT2D eigenvalue weighted by atomic mass is 10.0. The van der Waals surface area contributed by atoms with Gasteiger partial charge in [0.25, 0.3) is 0 Å². The molecule has 112 valence electrons. The van der Waals surface area contributed by atoms with Crippen molar-refractivity contribution in [1.29, 1.82) is 0 Å². The molecule has 0 atom stereocenters. The highest BCUT2D eigenvalue weighted by Crippen LogP contribution is 2.31. The number of aliphatic carboxylic acids is 1. The number of fused-ring (bicyclic) bond motifs is 1. The fraction of sp³-hybridized carbons (Fsp3) is 0.333. The van der Waals surface area contributed by atoms with Crippen LogP contribution in [0.15, 0.2) is 16.9 Å². The number of ether oxygens (including phenoxy) is 2. The average Bonchev–Trinajstić information content (AvgIpc) is 2.47. The third-order valence-corrected chi connectivity index (χ3v) is 3.65. The molecule has 1 aromatic heterocycles. The smallest absolute Gasteiger partial charge is 0.308 e. The van der Waals surface area contributed by atoms with Crippen LogP contribution in [0.3, 0.4) is 0 Å². The van der Waals surface area contributed by atoms with Crippen molar-refractivity contribution in [2.45, 2.75) is 13.3 Å². The summed E-state index contributed by atoms with van der Waals surface area (Å²) in [5.41, 5.74) is 1.11. The first-order chi connectivity index (χ1) is 9.92. The summed E-state index contributed by atoms with van der Waals surface area (Å²) in [7, 11) is 4.76. The summed E-state index contributed by atoms with van der Waals surface area (Å²) in [6.45, 7) is 1.72. The first kappa shape index (κ1) is 14.9. The van der Waals surface area contributed by atoms with E-state index in [0.29, 0.717) is 28.1 Å². The van der Waals surface area contributed by atoms with Crippen molar-refractivity contribution in [3.8, 4) is 11.5 Å². The van der Waals surface area contributed by atoms with Gasteiger partial charge in [0, 0.05) is 18.3 Å². The maximum absolute atomic E-state index is 12.7. The lowest BCUT2D eigenvalue weighted by Gasteiger charge is -2.17. The molecule has 0 saturated carbocycles. The number of carboxylic acid groups (broad SMARTS) is 1. The number of hydrogen-bond donors (Lipinski definition) is 1. The summed E-state index contributed by atoms with van der Waals surface area (Å²) in [6.07, 6.45) is -0.325. The largest absolute Gasteiger partial charge is 0.496 e. The first-order valence-electron chi connectivity index (χ1n) is 6.37. The second kappa shape index (κ2) is 5.47. The molecule has 6 nitrogen and oxygen atoms in total. The Bertz CT molecular complexity index is 776.